The molecule has 7 heteroatoms. The van der Waals surface area contributed by atoms with Crippen LogP contribution in [-0.4, -0.2) is 41.4 Å². The minimum Gasteiger partial charge on any atom is -0.436 e. The first kappa shape index (κ1) is 22.2. The summed E-state index contributed by atoms with van der Waals surface area (Å²) >= 11 is 3.33. The molecule has 26 heavy (non-hydrogen) atoms. The molecule has 0 fully saturated rings. The third kappa shape index (κ3) is 7.56. The van der Waals surface area contributed by atoms with Gasteiger partial charge in [0.2, 0.25) is 0 Å². The Hall–Kier alpha value is -1.89. The number of ether oxygens (including phenoxy) is 1. The second-order valence-corrected chi connectivity index (χ2v) is 7.83. The van der Waals surface area contributed by atoms with Crippen molar-refractivity contribution in [1.82, 2.24) is 4.90 Å². The van der Waals surface area contributed by atoms with Crippen molar-refractivity contribution in [2.45, 2.75) is 53.2 Å². The highest BCUT2D eigenvalue weighted by molar-refractivity contribution is 9.10. The highest BCUT2D eigenvalue weighted by Gasteiger charge is 2.30. The summed E-state index contributed by atoms with van der Waals surface area (Å²) in [6, 6.07) is 6.86. The minimum absolute atomic E-state index is 0.00276. The van der Waals surface area contributed by atoms with E-state index in [1.54, 1.807) is 24.3 Å². The van der Waals surface area contributed by atoms with Gasteiger partial charge in [-0.1, -0.05) is 29.8 Å². The van der Waals surface area contributed by atoms with Crippen molar-refractivity contribution in [3.8, 4) is 0 Å². The first-order chi connectivity index (χ1) is 12.1. The minimum atomic E-state index is -0.938. The summed E-state index contributed by atoms with van der Waals surface area (Å²) in [7, 11) is 0. The molecule has 0 saturated heterocycles. The lowest BCUT2D eigenvalue weighted by molar-refractivity contribution is -0.145. The number of amides is 2. The Balaban J connectivity index is 2.86. The van der Waals surface area contributed by atoms with E-state index in [-0.39, 0.29) is 30.2 Å². The SMILES string of the molecule is CC(=O)CN(C(=O)[C@H](CC(C)C)OC(=O)Nc1ccc(Br)cc1)C(C)C. The molecule has 6 nitrogen and oxygen atoms in total. The van der Waals surface area contributed by atoms with E-state index >= 15 is 0 Å². The largest absolute Gasteiger partial charge is 0.436 e. The molecule has 0 aromatic heterocycles. The van der Waals surface area contributed by atoms with Gasteiger partial charge in [0.05, 0.1) is 6.54 Å². The molecule has 0 aliphatic heterocycles. The van der Waals surface area contributed by atoms with Crippen molar-refractivity contribution in [3.05, 3.63) is 28.7 Å². The molecule has 1 rings (SSSR count). The summed E-state index contributed by atoms with van der Waals surface area (Å²) in [6.45, 7) is 8.98. The summed E-state index contributed by atoms with van der Waals surface area (Å²) in [5, 5.41) is 2.62. The zero-order valence-corrected chi connectivity index (χ0v) is 17.5. The predicted molar refractivity (Wildman–Crippen MR) is 105 cm³/mol. The molecule has 0 radical (unpaired) electrons. The van der Waals surface area contributed by atoms with Crippen molar-refractivity contribution in [2.75, 3.05) is 11.9 Å². The van der Waals surface area contributed by atoms with E-state index in [0.717, 1.165) is 4.47 Å². The van der Waals surface area contributed by atoms with E-state index in [1.807, 2.05) is 27.7 Å². The Morgan fingerprint density at radius 3 is 2.15 bits per heavy atom. The standard InChI is InChI=1S/C19H27BrN2O4/c1-12(2)10-17(18(24)22(13(3)4)11-14(5)23)26-19(25)21-16-8-6-15(20)7-9-16/h6-9,12-13,17H,10-11H2,1-5H3,(H,21,25)/t17-/m0/s1. The smallest absolute Gasteiger partial charge is 0.412 e. The van der Waals surface area contributed by atoms with Gasteiger partial charge in [0, 0.05) is 16.2 Å². The van der Waals surface area contributed by atoms with Crippen LogP contribution in [0.1, 0.15) is 41.0 Å². The Morgan fingerprint density at radius 1 is 1.12 bits per heavy atom. The third-order valence-electron chi connectivity index (χ3n) is 3.60. The van der Waals surface area contributed by atoms with Gasteiger partial charge in [-0.3, -0.25) is 14.9 Å². The Labute approximate surface area is 163 Å². The van der Waals surface area contributed by atoms with E-state index in [4.69, 9.17) is 4.74 Å². The van der Waals surface area contributed by atoms with Crippen LogP contribution in [0.4, 0.5) is 10.5 Å². The molecule has 1 N–H and O–H groups in total. The van der Waals surface area contributed by atoms with Crippen LogP contribution in [0.3, 0.4) is 0 Å². The molecule has 1 atom stereocenters. The molecular weight excluding hydrogens is 400 g/mol. The highest BCUT2D eigenvalue weighted by atomic mass is 79.9. The number of nitrogens with zero attached hydrogens (tertiary/aromatic N) is 1. The van der Waals surface area contributed by atoms with E-state index in [0.29, 0.717) is 12.1 Å². The van der Waals surface area contributed by atoms with E-state index in [1.165, 1.54) is 11.8 Å². The van der Waals surface area contributed by atoms with E-state index < -0.39 is 12.2 Å². The van der Waals surface area contributed by atoms with Gasteiger partial charge >= 0.3 is 6.09 Å². The zero-order valence-electron chi connectivity index (χ0n) is 15.9. The van der Waals surface area contributed by atoms with Crippen LogP contribution in [0.25, 0.3) is 0 Å². The molecule has 144 valence electrons. The molecule has 0 heterocycles. The van der Waals surface area contributed by atoms with Gasteiger partial charge in [0.15, 0.2) is 6.10 Å². The Kier molecular flexibility index (Phi) is 8.78. The lowest BCUT2D eigenvalue weighted by Crippen LogP contribution is -2.47. The highest BCUT2D eigenvalue weighted by Crippen LogP contribution is 2.17. The number of hydrogen-bond acceptors (Lipinski definition) is 4. The number of anilines is 1. The van der Waals surface area contributed by atoms with Crippen LogP contribution in [0.2, 0.25) is 0 Å². The Bertz CT molecular complexity index is 629. The van der Waals surface area contributed by atoms with Gasteiger partial charge in [0.1, 0.15) is 5.78 Å². The van der Waals surface area contributed by atoms with Crippen LogP contribution in [0.5, 0.6) is 0 Å². The van der Waals surface area contributed by atoms with Crippen molar-refractivity contribution in [2.24, 2.45) is 5.92 Å². The number of hydrogen-bond donors (Lipinski definition) is 1. The normalized spacial score (nSPS) is 12.0. The zero-order chi connectivity index (χ0) is 19.9. The molecular formula is C19H27BrN2O4. The molecule has 0 saturated carbocycles. The first-order valence-corrected chi connectivity index (χ1v) is 9.42. The van der Waals surface area contributed by atoms with Gasteiger partial charge in [-0.2, -0.15) is 0 Å². The average Bonchev–Trinajstić information content (AvgIpc) is 2.52. The third-order valence-corrected chi connectivity index (χ3v) is 4.13. The topological polar surface area (TPSA) is 75.7 Å². The fraction of sp³-hybridized carbons (Fsp3) is 0.526. The fourth-order valence-corrected chi connectivity index (χ4v) is 2.64. The maximum atomic E-state index is 12.9. The molecule has 1 aromatic rings. The number of rotatable bonds is 8. The summed E-state index contributed by atoms with van der Waals surface area (Å²) in [6.07, 6.45) is -1.25. The second kappa shape index (κ2) is 10.3. The molecule has 0 bridgehead atoms. The number of halogens is 1. The molecule has 0 spiro atoms. The lowest BCUT2D eigenvalue weighted by atomic mass is 10.0. The van der Waals surface area contributed by atoms with Crippen LogP contribution in [-0.2, 0) is 14.3 Å². The number of carbonyl (C=O) groups excluding carboxylic acids is 3. The van der Waals surface area contributed by atoms with Crippen LogP contribution < -0.4 is 5.32 Å². The monoisotopic (exact) mass is 426 g/mol. The van der Waals surface area contributed by atoms with Gasteiger partial charge < -0.3 is 9.64 Å². The number of nitrogens with one attached hydrogen (secondary N) is 1. The molecule has 0 aliphatic carbocycles. The molecule has 0 unspecified atom stereocenters. The maximum Gasteiger partial charge on any atom is 0.412 e. The van der Waals surface area contributed by atoms with Crippen LogP contribution in [0.15, 0.2) is 28.7 Å². The van der Waals surface area contributed by atoms with E-state index in [2.05, 4.69) is 21.2 Å². The Morgan fingerprint density at radius 2 is 1.69 bits per heavy atom. The van der Waals surface area contributed by atoms with Crippen molar-refractivity contribution in [1.29, 1.82) is 0 Å². The molecule has 2 amide bonds. The van der Waals surface area contributed by atoms with Gasteiger partial charge in [-0.25, -0.2) is 4.79 Å². The van der Waals surface area contributed by atoms with Crippen LogP contribution in [0, 0.1) is 5.92 Å². The number of ketones is 1. The molecule has 0 aliphatic rings. The second-order valence-electron chi connectivity index (χ2n) is 6.92. The van der Waals surface area contributed by atoms with Crippen molar-refractivity contribution in [3.63, 3.8) is 0 Å². The van der Waals surface area contributed by atoms with Crippen molar-refractivity contribution >= 4 is 39.4 Å². The summed E-state index contributed by atoms with van der Waals surface area (Å²) in [5.41, 5.74) is 0.568. The summed E-state index contributed by atoms with van der Waals surface area (Å²) < 4.78 is 6.30. The van der Waals surface area contributed by atoms with Gasteiger partial charge in [0.25, 0.3) is 5.91 Å². The average molecular weight is 427 g/mol. The van der Waals surface area contributed by atoms with E-state index in [9.17, 15) is 14.4 Å². The summed E-state index contributed by atoms with van der Waals surface area (Å²) in [4.78, 5) is 38.0. The number of carbonyl (C=O) groups is 3. The van der Waals surface area contributed by atoms with Crippen molar-refractivity contribution < 1.29 is 19.1 Å². The van der Waals surface area contributed by atoms with Gasteiger partial charge in [-0.05, 0) is 57.4 Å². The summed E-state index contributed by atoms with van der Waals surface area (Å²) in [5.74, 6) is -0.319. The maximum absolute atomic E-state index is 12.9. The lowest BCUT2D eigenvalue weighted by Gasteiger charge is -2.30. The number of benzene rings is 1. The molecule has 1 aromatic carbocycles. The van der Waals surface area contributed by atoms with Crippen LogP contribution >= 0.6 is 15.9 Å². The van der Waals surface area contributed by atoms with Gasteiger partial charge in [-0.15, -0.1) is 0 Å². The first-order valence-electron chi connectivity index (χ1n) is 8.63. The predicted octanol–water partition coefficient (Wildman–Crippen LogP) is 4.24. The fourth-order valence-electron chi connectivity index (χ4n) is 2.38. The number of Topliss-reactive ketones (excluding diaryl/α,β-unsaturated/α-hetero) is 1. The quantitative estimate of drug-likeness (QED) is 0.674.